The van der Waals surface area contributed by atoms with E-state index >= 15 is 0 Å². The minimum atomic E-state index is -0.0586. The summed E-state index contributed by atoms with van der Waals surface area (Å²) in [5.74, 6) is 0.637. The van der Waals surface area contributed by atoms with Crippen LogP contribution in [0.2, 0.25) is 0 Å². The Hall–Kier alpha value is -2.88. The number of aromatic hydroxyl groups is 1. The number of nitrogens with zero attached hydrogens (tertiary/aromatic N) is 2. The van der Waals surface area contributed by atoms with Crippen molar-refractivity contribution in [2.75, 3.05) is 0 Å². The monoisotopic (exact) mass is 320 g/mol. The third-order valence-corrected chi connectivity index (χ3v) is 4.25. The van der Waals surface area contributed by atoms with Gasteiger partial charge in [-0.25, -0.2) is 4.98 Å². The Kier molecular flexibility index (Phi) is 4.47. The smallest absolute Gasteiger partial charge is 0.256 e. The number of aryl methyl sites for hydroxylation is 2. The van der Waals surface area contributed by atoms with Crippen molar-refractivity contribution in [3.63, 3.8) is 0 Å². The molecule has 0 amide bonds. The first-order chi connectivity index (χ1) is 11.6. The molecule has 3 rings (SSSR count). The van der Waals surface area contributed by atoms with E-state index in [0.717, 1.165) is 12.0 Å². The van der Waals surface area contributed by atoms with E-state index in [-0.39, 0.29) is 11.3 Å². The van der Waals surface area contributed by atoms with Crippen LogP contribution in [-0.4, -0.2) is 14.7 Å². The van der Waals surface area contributed by atoms with Crippen molar-refractivity contribution in [3.05, 3.63) is 81.8 Å². The van der Waals surface area contributed by atoms with Crippen LogP contribution in [0.3, 0.4) is 0 Å². The molecular weight excluding hydrogens is 300 g/mol. The summed E-state index contributed by atoms with van der Waals surface area (Å²) in [7, 11) is 0. The largest absolute Gasteiger partial charge is 0.507 e. The third-order valence-electron chi connectivity index (χ3n) is 4.25. The number of hydrogen-bond acceptors (Lipinski definition) is 3. The number of rotatable bonds is 4. The number of benzene rings is 2. The summed E-state index contributed by atoms with van der Waals surface area (Å²) < 4.78 is 1.66. The molecule has 1 N–H and O–H groups in total. The van der Waals surface area contributed by atoms with Crippen LogP contribution in [0, 0.1) is 13.8 Å². The van der Waals surface area contributed by atoms with Crippen LogP contribution in [0.15, 0.2) is 59.4 Å². The quantitative estimate of drug-likeness (QED) is 0.801. The Morgan fingerprint density at radius 3 is 2.38 bits per heavy atom. The summed E-state index contributed by atoms with van der Waals surface area (Å²) >= 11 is 0. The van der Waals surface area contributed by atoms with E-state index in [4.69, 9.17) is 0 Å². The summed E-state index contributed by atoms with van der Waals surface area (Å²) in [6.07, 6.45) is 0.728. The number of hydrogen-bond donors (Lipinski definition) is 1. The molecule has 0 atom stereocenters. The highest BCUT2D eigenvalue weighted by molar-refractivity contribution is 5.64. The zero-order chi connectivity index (χ0) is 17.1. The van der Waals surface area contributed by atoms with Gasteiger partial charge in [0.2, 0.25) is 0 Å². The van der Waals surface area contributed by atoms with Crippen LogP contribution in [0.25, 0.3) is 11.4 Å². The van der Waals surface area contributed by atoms with Gasteiger partial charge in [-0.15, -0.1) is 0 Å². The second-order valence-electron chi connectivity index (χ2n) is 5.86. The van der Waals surface area contributed by atoms with Crippen LogP contribution >= 0.6 is 0 Å². The third kappa shape index (κ3) is 3.08. The van der Waals surface area contributed by atoms with E-state index in [1.54, 1.807) is 29.7 Å². The highest BCUT2D eigenvalue weighted by Gasteiger charge is 2.15. The first-order valence-electron chi connectivity index (χ1n) is 7.98. The molecule has 0 radical (unpaired) electrons. The summed E-state index contributed by atoms with van der Waals surface area (Å²) in [5.41, 5.74) is 3.00. The fourth-order valence-corrected chi connectivity index (χ4v) is 2.72. The first kappa shape index (κ1) is 16.0. The minimum Gasteiger partial charge on any atom is -0.507 e. The van der Waals surface area contributed by atoms with Gasteiger partial charge in [0.05, 0.1) is 5.56 Å². The van der Waals surface area contributed by atoms with E-state index in [2.05, 4.69) is 4.98 Å². The van der Waals surface area contributed by atoms with Crippen molar-refractivity contribution >= 4 is 0 Å². The Balaban J connectivity index is 2.08. The van der Waals surface area contributed by atoms with Gasteiger partial charge in [-0.3, -0.25) is 9.36 Å². The van der Waals surface area contributed by atoms with Crippen molar-refractivity contribution in [1.82, 2.24) is 9.55 Å². The zero-order valence-electron chi connectivity index (χ0n) is 13.9. The van der Waals surface area contributed by atoms with Gasteiger partial charge in [0.1, 0.15) is 11.6 Å². The first-order valence-corrected chi connectivity index (χ1v) is 7.98. The van der Waals surface area contributed by atoms with Crippen molar-refractivity contribution in [2.45, 2.75) is 26.8 Å². The van der Waals surface area contributed by atoms with E-state index in [0.29, 0.717) is 29.2 Å². The molecule has 0 aliphatic heterocycles. The predicted molar refractivity (Wildman–Crippen MR) is 95.2 cm³/mol. The van der Waals surface area contributed by atoms with Crippen LogP contribution in [0.1, 0.15) is 16.8 Å². The Morgan fingerprint density at radius 1 is 1.00 bits per heavy atom. The fourth-order valence-electron chi connectivity index (χ4n) is 2.72. The van der Waals surface area contributed by atoms with Crippen molar-refractivity contribution in [1.29, 1.82) is 0 Å². The Morgan fingerprint density at radius 2 is 1.67 bits per heavy atom. The van der Waals surface area contributed by atoms with Gasteiger partial charge in [0, 0.05) is 17.8 Å². The molecule has 0 aliphatic rings. The molecule has 122 valence electrons. The molecule has 24 heavy (non-hydrogen) atoms. The molecule has 0 aliphatic carbocycles. The average molecular weight is 320 g/mol. The average Bonchev–Trinajstić information content (AvgIpc) is 2.60. The topological polar surface area (TPSA) is 55.1 Å². The molecule has 0 fully saturated rings. The molecular formula is C20H20N2O2. The Labute approximate surface area is 141 Å². The van der Waals surface area contributed by atoms with Gasteiger partial charge in [-0.05, 0) is 38.0 Å². The van der Waals surface area contributed by atoms with Gasteiger partial charge < -0.3 is 5.11 Å². The molecule has 3 aromatic rings. The van der Waals surface area contributed by atoms with Crippen LogP contribution in [-0.2, 0) is 13.0 Å². The molecule has 0 spiro atoms. The molecule has 0 bridgehead atoms. The summed E-state index contributed by atoms with van der Waals surface area (Å²) in [6.45, 7) is 4.13. The predicted octanol–water partition coefficient (Wildman–Crippen LogP) is 3.48. The maximum absolute atomic E-state index is 12.8. The van der Waals surface area contributed by atoms with Gasteiger partial charge >= 0.3 is 0 Å². The molecule has 1 aromatic heterocycles. The zero-order valence-corrected chi connectivity index (χ0v) is 13.9. The highest BCUT2D eigenvalue weighted by atomic mass is 16.3. The summed E-state index contributed by atoms with van der Waals surface area (Å²) in [6, 6.07) is 17.0. The van der Waals surface area contributed by atoms with Crippen molar-refractivity contribution in [2.24, 2.45) is 0 Å². The van der Waals surface area contributed by atoms with Crippen molar-refractivity contribution in [3.8, 4) is 17.1 Å². The lowest BCUT2D eigenvalue weighted by Gasteiger charge is -2.15. The lowest BCUT2D eigenvalue weighted by Crippen LogP contribution is -2.27. The minimum absolute atomic E-state index is 0.0586. The van der Waals surface area contributed by atoms with Gasteiger partial charge in [0.15, 0.2) is 0 Å². The number of phenolic OH excluding ortho intramolecular Hbond substituents is 1. The molecule has 4 nitrogen and oxygen atoms in total. The summed E-state index contributed by atoms with van der Waals surface area (Å²) in [5, 5.41) is 10.2. The van der Waals surface area contributed by atoms with Crippen LogP contribution < -0.4 is 5.56 Å². The second-order valence-corrected chi connectivity index (χ2v) is 5.86. The molecule has 0 saturated heterocycles. The summed E-state index contributed by atoms with van der Waals surface area (Å²) in [4.78, 5) is 17.3. The second kappa shape index (κ2) is 6.71. The Bertz CT molecular complexity index is 915. The lowest BCUT2D eigenvalue weighted by molar-refractivity contribution is 0.476. The molecule has 0 saturated carbocycles. The maximum atomic E-state index is 12.8. The molecule has 0 unspecified atom stereocenters. The van der Waals surface area contributed by atoms with Gasteiger partial charge in [0.25, 0.3) is 5.56 Å². The fraction of sp³-hybridized carbons (Fsp3) is 0.200. The van der Waals surface area contributed by atoms with Crippen LogP contribution in [0.5, 0.6) is 5.75 Å². The highest BCUT2D eigenvalue weighted by Crippen LogP contribution is 2.27. The van der Waals surface area contributed by atoms with E-state index in [1.165, 1.54) is 0 Å². The van der Waals surface area contributed by atoms with Crippen LogP contribution in [0.4, 0.5) is 0 Å². The normalized spacial score (nSPS) is 10.8. The number of aromatic nitrogens is 2. The van der Waals surface area contributed by atoms with E-state index in [9.17, 15) is 9.90 Å². The number of para-hydroxylation sites is 1. The van der Waals surface area contributed by atoms with E-state index < -0.39 is 0 Å². The molecule has 2 aromatic carbocycles. The lowest BCUT2D eigenvalue weighted by atomic mass is 10.1. The standard InChI is InChI=1S/C20H20N2O2/c1-14-15(2)21-19(17-10-6-7-11-18(17)23)22(20(14)24)13-12-16-8-4-3-5-9-16/h3-11,23H,12-13H2,1-2H3. The van der Waals surface area contributed by atoms with Gasteiger partial charge in [-0.1, -0.05) is 42.5 Å². The SMILES string of the molecule is Cc1nc(-c2ccccc2O)n(CCc2ccccc2)c(=O)c1C. The van der Waals surface area contributed by atoms with E-state index in [1.807, 2.05) is 43.3 Å². The number of phenols is 1. The molecule has 4 heteroatoms. The maximum Gasteiger partial charge on any atom is 0.256 e. The molecule has 1 heterocycles. The van der Waals surface area contributed by atoms with Crippen molar-refractivity contribution < 1.29 is 5.11 Å². The van der Waals surface area contributed by atoms with Gasteiger partial charge in [-0.2, -0.15) is 0 Å².